The Labute approximate surface area is 358 Å². The number of ketones is 4. The first-order chi connectivity index (χ1) is 28.5. The van der Waals surface area contributed by atoms with Crippen LogP contribution in [0.2, 0.25) is 0 Å². The number of amides is 1. The van der Waals surface area contributed by atoms with Gasteiger partial charge in [-0.3, -0.25) is 24.0 Å². The van der Waals surface area contributed by atoms with Crippen LogP contribution in [0.3, 0.4) is 0 Å². The molecule has 0 unspecified atom stereocenters. The van der Waals surface area contributed by atoms with E-state index in [9.17, 15) is 24.0 Å². The number of rotatable bonds is 19. The van der Waals surface area contributed by atoms with E-state index < -0.39 is 29.4 Å². The minimum absolute atomic E-state index is 0.129. The van der Waals surface area contributed by atoms with Crippen LogP contribution in [0.1, 0.15) is 123 Å². The normalized spacial score (nSPS) is 11.1. The van der Waals surface area contributed by atoms with Crippen LogP contribution < -0.4 is 5.32 Å². The molecule has 0 spiro atoms. The van der Waals surface area contributed by atoms with Crippen molar-refractivity contribution in [3.8, 4) is 0 Å². The average Bonchev–Trinajstić information content (AvgIpc) is 3.25. The Bertz CT molecular complexity index is 2030. The number of Topliss-reactive ketones (excluding diaryl/α,β-unsaturated/α-hetero) is 4. The minimum Gasteiger partial charge on any atom is -0.365 e. The highest BCUT2D eigenvalue weighted by atomic mass is 35.5. The van der Waals surface area contributed by atoms with E-state index in [1.165, 1.54) is 56.0 Å². The largest absolute Gasteiger partial charge is 0.365 e. The van der Waals surface area contributed by atoms with E-state index >= 15 is 0 Å². The van der Waals surface area contributed by atoms with Crippen LogP contribution in [0, 0.1) is 0 Å². The summed E-state index contributed by atoms with van der Waals surface area (Å²) in [5.74, 6) is -2.34. The lowest BCUT2D eigenvalue weighted by Crippen LogP contribution is -2.21. The lowest BCUT2D eigenvalue weighted by molar-refractivity contribution is -0.116. The third-order valence-corrected chi connectivity index (χ3v) is 8.54. The number of aliphatic hydroxyl groups is 2. The zero-order valence-corrected chi connectivity index (χ0v) is 35.3. The standard InChI is InChI=1S/C28H33NO3.C20H18O4.CH2Cl2/c1-3-5-6-7-8-9-21-29-26(30)20-15-23-13-18-25(19-14-23)28(32)27(31)24-16-11-22(10-4-2)12-17-24;1-2-3-14-4-9-16(10-5-14)19(23)20(24)17-11-6-15(7-12-17)8-13-18(21)22;2-1-3/h4,10-20H,3,5-9,21H2,1-2H3,(H,29,30);2-13,18,21-22H,1H3;1H2/b10-4+,20-15+;3-2+,13-8+;. The molecule has 4 aromatic carbocycles. The van der Waals surface area contributed by atoms with Crippen LogP contribution in [0.4, 0.5) is 0 Å². The van der Waals surface area contributed by atoms with Crippen LogP contribution in [0.15, 0.2) is 121 Å². The van der Waals surface area contributed by atoms with Gasteiger partial charge < -0.3 is 15.5 Å². The average molecular weight is 839 g/mol. The van der Waals surface area contributed by atoms with E-state index in [0.29, 0.717) is 34.4 Å². The van der Waals surface area contributed by atoms with Crippen LogP contribution in [-0.4, -0.2) is 57.4 Å². The summed E-state index contributed by atoms with van der Waals surface area (Å²) in [6, 6.07) is 26.8. The first-order valence-electron chi connectivity index (χ1n) is 19.4. The van der Waals surface area contributed by atoms with Crippen LogP contribution >= 0.6 is 23.2 Å². The van der Waals surface area contributed by atoms with Crippen molar-refractivity contribution in [2.24, 2.45) is 0 Å². The van der Waals surface area contributed by atoms with Crippen molar-refractivity contribution in [2.45, 2.75) is 65.6 Å². The number of carbonyl (C=O) groups is 5. The molecule has 4 rings (SSSR count). The number of nitrogens with one attached hydrogen (secondary N) is 1. The lowest BCUT2D eigenvalue weighted by atomic mass is 9.99. The number of unbranched alkanes of at least 4 members (excludes halogenated alkanes) is 5. The summed E-state index contributed by atoms with van der Waals surface area (Å²) in [5, 5.41) is 20.6. The highest BCUT2D eigenvalue weighted by Crippen LogP contribution is 2.15. The number of aliphatic hydroxyl groups excluding tert-OH is 1. The number of alkyl halides is 2. The van der Waals surface area contributed by atoms with Gasteiger partial charge in [-0.2, -0.15) is 0 Å². The van der Waals surface area contributed by atoms with Gasteiger partial charge in [-0.1, -0.05) is 166 Å². The number of allylic oxidation sites excluding steroid dienone is 2. The van der Waals surface area contributed by atoms with Crippen molar-refractivity contribution in [1.29, 1.82) is 0 Å². The maximum Gasteiger partial charge on any atom is 0.243 e. The molecule has 0 heterocycles. The van der Waals surface area contributed by atoms with Gasteiger partial charge >= 0.3 is 0 Å². The van der Waals surface area contributed by atoms with Gasteiger partial charge in [-0.05, 0) is 54.7 Å². The topological polar surface area (TPSA) is 138 Å². The fourth-order valence-electron chi connectivity index (χ4n) is 5.44. The summed E-state index contributed by atoms with van der Waals surface area (Å²) < 4.78 is 0. The molecule has 310 valence electrons. The maximum atomic E-state index is 12.5. The first-order valence-corrected chi connectivity index (χ1v) is 20.5. The molecule has 0 bridgehead atoms. The summed E-state index contributed by atoms with van der Waals surface area (Å²) in [7, 11) is 0. The van der Waals surface area contributed by atoms with Crippen molar-refractivity contribution < 1.29 is 34.2 Å². The molecule has 0 aliphatic rings. The molecular formula is C49H53Cl2NO7. The number of hydrogen-bond acceptors (Lipinski definition) is 7. The van der Waals surface area contributed by atoms with E-state index in [4.69, 9.17) is 33.4 Å². The Kier molecular flexibility index (Phi) is 24.2. The van der Waals surface area contributed by atoms with Crippen LogP contribution in [0.5, 0.6) is 0 Å². The molecule has 0 atom stereocenters. The molecule has 0 aliphatic carbocycles. The van der Waals surface area contributed by atoms with Crippen molar-refractivity contribution >= 4 is 76.5 Å². The molecule has 3 N–H and O–H groups in total. The van der Waals surface area contributed by atoms with Gasteiger partial charge in [0.1, 0.15) is 0 Å². The summed E-state index contributed by atoms with van der Waals surface area (Å²) in [6.45, 7) is 6.70. The maximum absolute atomic E-state index is 12.5. The Balaban J connectivity index is 0.000000394. The minimum atomic E-state index is -1.53. The van der Waals surface area contributed by atoms with Gasteiger partial charge in [0.05, 0.1) is 5.34 Å². The summed E-state index contributed by atoms with van der Waals surface area (Å²) in [6.07, 6.45) is 19.1. The number of halogens is 2. The zero-order chi connectivity index (χ0) is 43.4. The molecule has 0 radical (unpaired) electrons. The Morgan fingerprint density at radius 1 is 0.525 bits per heavy atom. The summed E-state index contributed by atoms with van der Waals surface area (Å²) in [4.78, 5) is 61.5. The summed E-state index contributed by atoms with van der Waals surface area (Å²) >= 11 is 9.53. The van der Waals surface area contributed by atoms with Crippen molar-refractivity contribution in [3.63, 3.8) is 0 Å². The second-order valence-electron chi connectivity index (χ2n) is 13.1. The van der Waals surface area contributed by atoms with Gasteiger partial charge in [0.25, 0.3) is 0 Å². The highest BCUT2D eigenvalue weighted by Gasteiger charge is 2.19. The van der Waals surface area contributed by atoms with E-state index in [2.05, 4.69) is 12.2 Å². The van der Waals surface area contributed by atoms with Crippen LogP contribution in [0.25, 0.3) is 24.3 Å². The molecule has 59 heavy (non-hydrogen) atoms. The molecule has 0 aromatic heterocycles. The van der Waals surface area contributed by atoms with Gasteiger partial charge in [-0.25, -0.2) is 0 Å². The van der Waals surface area contributed by atoms with Crippen LogP contribution in [-0.2, 0) is 4.79 Å². The van der Waals surface area contributed by atoms with Gasteiger partial charge in [0.15, 0.2) is 6.29 Å². The second-order valence-corrected chi connectivity index (χ2v) is 13.9. The molecule has 1 amide bonds. The summed E-state index contributed by atoms with van der Waals surface area (Å²) in [5.41, 5.74) is 4.76. The van der Waals surface area contributed by atoms with E-state index in [1.807, 2.05) is 50.3 Å². The molecule has 10 heteroatoms. The first kappa shape index (κ1) is 49.6. The molecule has 0 fully saturated rings. The second kappa shape index (κ2) is 28.8. The van der Waals surface area contributed by atoms with Gasteiger partial charge in [-0.15, -0.1) is 23.2 Å². The van der Waals surface area contributed by atoms with Crippen molar-refractivity contribution in [2.75, 3.05) is 11.9 Å². The fraction of sp³-hybridized carbons (Fsp3) is 0.245. The molecule has 0 saturated heterocycles. The Hall–Kier alpha value is -5.51. The predicted octanol–water partition coefficient (Wildman–Crippen LogP) is 10.8. The number of hydrogen-bond donors (Lipinski definition) is 3. The third-order valence-electron chi connectivity index (χ3n) is 8.54. The predicted molar refractivity (Wildman–Crippen MR) is 242 cm³/mol. The molecule has 4 aromatic rings. The van der Waals surface area contributed by atoms with E-state index in [0.717, 1.165) is 29.5 Å². The fourth-order valence-corrected chi connectivity index (χ4v) is 5.44. The Morgan fingerprint density at radius 2 is 0.847 bits per heavy atom. The van der Waals surface area contributed by atoms with E-state index in [-0.39, 0.29) is 11.2 Å². The van der Waals surface area contributed by atoms with Gasteiger partial charge in [0, 0.05) is 34.9 Å². The zero-order valence-electron chi connectivity index (χ0n) is 33.8. The van der Waals surface area contributed by atoms with Crippen molar-refractivity contribution in [3.05, 3.63) is 166 Å². The smallest absolute Gasteiger partial charge is 0.243 e. The molecule has 0 aliphatic heterocycles. The molecule has 8 nitrogen and oxygen atoms in total. The number of carbonyl (C=O) groups excluding carboxylic acids is 5. The SMILES string of the molecule is C/C=C/c1ccc(C(=O)C(=O)c2ccc(/C=C/C(=O)NCCCCCCCC)cc2)cc1.C/C=C/c1ccc(C(=O)C(=O)c2ccc(/C=C/C(O)O)cc2)cc1.ClCCl. The quantitative estimate of drug-likeness (QED) is 0.0213. The van der Waals surface area contributed by atoms with Gasteiger partial charge in [0.2, 0.25) is 29.0 Å². The number of benzene rings is 4. The van der Waals surface area contributed by atoms with Crippen molar-refractivity contribution in [1.82, 2.24) is 5.32 Å². The van der Waals surface area contributed by atoms with E-state index in [1.54, 1.807) is 78.9 Å². The molecular weight excluding hydrogens is 785 g/mol. The lowest BCUT2D eigenvalue weighted by Gasteiger charge is -2.03. The monoisotopic (exact) mass is 837 g/mol. The highest BCUT2D eigenvalue weighted by molar-refractivity contribution is 6.49. The molecule has 0 saturated carbocycles. The third kappa shape index (κ3) is 19.2. The Morgan fingerprint density at radius 3 is 1.19 bits per heavy atom.